The molecule has 0 aliphatic carbocycles. The average Bonchev–Trinajstić information content (AvgIpc) is 2.09. The molecule has 0 rings (SSSR count). The predicted octanol–water partition coefficient (Wildman–Crippen LogP) is 1.82. The van der Waals surface area contributed by atoms with Crippen LogP contribution in [0.15, 0.2) is 0 Å². The summed E-state index contributed by atoms with van der Waals surface area (Å²) in [6.07, 6.45) is 4.64. The fourth-order valence-electron chi connectivity index (χ4n) is 0.625. The van der Waals surface area contributed by atoms with Gasteiger partial charge in [-0.15, -0.1) is 0 Å². The molecule has 0 bridgehead atoms. The zero-order valence-electron chi connectivity index (χ0n) is 7.58. The van der Waals surface area contributed by atoms with E-state index in [1.165, 1.54) is 0 Å². The second-order valence-electron chi connectivity index (χ2n) is 2.10. The van der Waals surface area contributed by atoms with Gasteiger partial charge in [0.05, 0.1) is 6.61 Å². The zero-order chi connectivity index (χ0) is 9.82. The van der Waals surface area contributed by atoms with E-state index in [0.29, 0.717) is 6.61 Å². The maximum atomic E-state index is 10.6. The first-order valence-electron chi connectivity index (χ1n) is 3.99. The molecule has 0 aromatic heterocycles. The standard InChI is InChI=1S/C8H15O2.O.V/c1-3-5-6-7-8(9)10-4-2;;/h7H,3-6H2,1-2H3;;/q-1;;. The summed E-state index contributed by atoms with van der Waals surface area (Å²) in [7, 11) is 0. The molecule has 0 aliphatic heterocycles. The number of carbonyl (C=O) groups is 1. The molecule has 0 aliphatic rings. The Morgan fingerprint density at radius 1 is 1.42 bits per heavy atom. The molecule has 0 saturated carbocycles. The van der Waals surface area contributed by atoms with Gasteiger partial charge in [0, 0.05) is 0 Å². The van der Waals surface area contributed by atoms with Gasteiger partial charge in [-0.25, -0.2) is 0 Å². The topological polar surface area (TPSA) is 43.4 Å². The summed E-state index contributed by atoms with van der Waals surface area (Å²) >= 11 is 1.06. The third-order valence-electron chi connectivity index (χ3n) is 1.16. The molecule has 0 saturated heterocycles. The van der Waals surface area contributed by atoms with Gasteiger partial charge in [0.2, 0.25) is 0 Å². The van der Waals surface area contributed by atoms with Crippen LogP contribution >= 0.6 is 0 Å². The fourth-order valence-corrected chi connectivity index (χ4v) is 0.625. The van der Waals surface area contributed by atoms with Crippen molar-refractivity contribution in [3.8, 4) is 0 Å². The Hall–Kier alpha value is -0.276. The van der Waals surface area contributed by atoms with E-state index in [9.17, 15) is 4.79 Å². The number of rotatable bonds is 5. The average molecular weight is 210 g/mol. The molecule has 0 atom stereocenters. The number of ether oxygens (including phenoxy) is 1. The van der Waals surface area contributed by atoms with Gasteiger partial charge in [0.1, 0.15) is 0 Å². The van der Waals surface area contributed by atoms with Crippen LogP contribution in [-0.2, 0) is 30.6 Å². The summed E-state index contributed by atoms with van der Waals surface area (Å²) in [5, 5.41) is 0. The number of hydrogen-bond acceptors (Lipinski definition) is 3. The molecule has 0 N–H and O–H groups in total. The number of carbonyl (C=O) groups excluding carboxylic acids is 1. The first-order chi connectivity index (χ1) is 5.81. The molecular formula is C8H15O3V-. The Morgan fingerprint density at radius 2 is 2.00 bits per heavy atom. The summed E-state index contributed by atoms with van der Waals surface area (Å²) in [6.45, 7) is 4.38. The summed E-state index contributed by atoms with van der Waals surface area (Å²) in [6, 6.07) is 0. The van der Waals surface area contributed by atoms with Gasteiger partial charge in [0.25, 0.3) is 0 Å². The van der Waals surface area contributed by atoms with Crippen molar-refractivity contribution in [1.82, 2.24) is 0 Å². The molecule has 71 valence electrons. The summed E-state index contributed by atoms with van der Waals surface area (Å²) in [5.41, 5.74) is 0. The summed E-state index contributed by atoms with van der Waals surface area (Å²) in [5.74, 6) is -0.184. The van der Waals surface area contributed by atoms with Crippen LogP contribution in [-0.4, -0.2) is 12.6 Å². The van der Waals surface area contributed by atoms with Crippen LogP contribution < -0.4 is 0 Å². The van der Waals surface area contributed by atoms with Gasteiger partial charge < -0.3 is 4.74 Å². The van der Waals surface area contributed by atoms with Crippen molar-refractivity contribution >= 4 is 5.97 Å². The van der Waals surface area contributed by atoms with Crippen molar-refractivity contribution in [2.45, 2.75) is 33.1 Å². The van der Waals surface area contributed by atoms with Gasteiger partial charge >= 0.3 is 21.0 Å². The summed E-state index contributed by atoms with van der Waals surface area (Å²) in [4.78, 5) is 10.6. The van der Waals surface area contributed by atoms with E-state index in [2.05, 4.69) is 6.92 Å². The first kappa shape index (κ1) is 14.3. The van der Waals surface area contributed by atoms with Crippen LogP contribution in [0.5, 0.6) is 0 Å². The third kappa shape index (κ3) is 12.4. The van der Waals surface area contributed by atoms with E-state index in [-0.39, 0.29) is 5.97 Å². The Kier molecular flexibility index (Phi) is 15.8. The Balaban J connectivity index is 0. The molecule has 12 heavy (non-hydrogen) atoms. The molecule has 0 heterocycles. The van der Waals surface area contributed by atoms with E-state index in [1.807, 2.05) is 6.92 Å². The molecule has 0 radical (unpaired) electrons. The van der Waals surface area contributed by atoms with Crippen LogP contribution in [0.3, 0.4) is 0 Å². The van der Waals surface area contributed by atoms with Crippen molar-refractivity contribution in [2.75, 3.05) is 6.61 Å². The van der Waals surface area contributed by atoms with Crippen LogP contribution in [0, 0.1) is 6.42 Å². The molecule has 0 aromatic rings. The quantitative estimate of drug-likeness (QED) is 0.395. The Bertz CT molecular complexity index is 106. The monoisotopic (exact) mass is 210 g/mol. The van der Waals surface area contributed by atoms with Crippen LogP contribution in [0.4, 0.5) is 0 Å². The molecule has 3 nitrogen and oxygen atoms in total. The number of unbranched alkanes of at least 4 members (excludes halogenated alkanes) is 2. The SMILES string of the molecule is CCCC[CH-]C(=O)OCC.[O]=[V]. The van der Waals surface area contributed by atoms with Crippen molar-refractivity contribution in [3.05, 3.63) is 6.42 Å². The van der Waals surface area contributed by atoms with Crippen LogP contribution in [0.1, 0.15) is 33.1 Å². The molecular weight excluding hydrogens is 195 g/mol. The maximum absolute atomic E-state index is 10.6. The van der Waals surface area contributed by atoms with Crippen LogP contribution in [0.25, 0.3) is 0 Å². The van der Waals surface area contributed by atoms with Gasteiger partial charge in [-0.3, -0.25) is 11.2 Å². The predicted molar refractivity (Wildman–Crippen MR) is 41.1 cm³/mol. The summed E-state index contributed by atoms with van der Waals surface area (Å²) < 4.78 is 12.9. The van der Waals surface area contributed by atoms with Crippen molar-refractivity contribution in [1.29, 1.82) is 0 Å². The first-order valence-corrected chi connectivity index (χ1v) is 4.56. The van der Waals surface area contributed by atoms with Gasteiger partial charge in [-0.1, -0.05) is 19.8 Å². The van der Waals surface area contributed by atoms with E-state index in [4.69, 9.17) is 8.41 Å². The van der Waals surface area contributed by atoms with Crippen LogP contribution in [0.2, 0.25) is 0 Å². The van der Waals surface area contributed by atoms with E-state index >= 15 is 0 Å². The molecule has 0 amide bonds. The zero-order valence-corrected chi connectivity index (χ0v) is 8.97. The fraction of sp³-hybridized carbons (Fsp3) is 0.750. The minimum absolute atomic E-state index is 0.184. The number of esters is 1. The molecule has 0 unspecified atom stereocenters. The second-order valence-corrected chi connectivity index (χ2v) is 2.10. The third-order valence-corrected chi connectivity index (χ3v) is 1.16. The molecule has 0 fully saturated rings. The van der Waals surface area contributed by atoms with Gasteiger partial charge in [0.15, 0.2) is 5.97 Å². The van der Waals surface area contributed by atoms with Gasteiger partial charge in [-0.2, -0.15) is 6.42 Å². The van der Waals surface area contributed by atoms with Crippen molar-refractivity contribution in [3.63, 3.8) is 0 Å². The normalized spacial score (nSPS) is 7.75. The van der Waals surface area contributed by atoms with E-state index in [1.54, 1.807) is 6.42 Å². The number of hydrogen-bond donors (Lipinski definition) is 0. The second kappa shape index (κ2) is 13.3. The van der Waals surface area contributed by atoms with E-state index < -0.39 is 0 Å². The van der Waals surface area contributed by atoms with Gasteiger partial charge in [-0.05, 0) is 6.92 Å². The minimum atomic E-state index is -0.184. The van der Waals surface area contributed by atoms with Crippen molar-refractivity contribution < 1.29 is 30.6 Å². The van der Waals surface area contributed by atoms with Crippen molar-refractivity contribution in [2.24, 2.45) is 0 Å². The molecule has 4 heteroatoms. The van der Waals surface area contributed by atoms with E-state index in [0.717, 1.165) is 36.6 Å². The molecule has 0 spiro atoms. The molecule has 0 aromatic carbocycles. The Morgan fingerprint density at radius 3 is 2.42 bits per heavy atom. The Labute approximate surface area is 83.1 Å².